The van der Waals surface area contributed by atoms with Crippen LogP contribution in [0.2, 0.25) is 5.02 Å². The molecule has 6 rings (SSSR count). The van der Waals surface area contributed by atoms with Gasteiger partial charge in [-0.3, -0.25) is 9.78 Å². The number of nitrogens with zero attached hydrogens (tertiary/aromatic N) is 3. The van der Waals surface area contributed by atoms with Crippen molar-refractivity contribution in [3.05, 3.63) is 94.9 Å². The third kappa shape index (κ3) is 3.13. The van der Waals surface area contributed by atoms with E-state index in [2.05, 4.69) is 9.97 Å². The SMILES string of the molecule is O=C(c1cc(-c2ccncc2)nc2ccccc12)N1CCc2[nH]c3ccc(Cl)cc3c2C1. The van der Waals surface area contributed by atoms with Crippen molar-refractivity contribution in [2.24, 2.45) is 0 Å². The Morgan fingerprint density at radius 3 is 2.72 bits per heavy atom. The summed E-state index contributed by atoms with van der Waals surface area (Å²) in [6.45, 7) is 1.21. The predicted molar refractivity (Wildman–Crippen MR) is 127 cm³/mol. The van der Waals surface area contributed by atoms with E-state index >= 15 is 0 Å². The van der Waals surface area contributed by atoms with Crippen molar-refractivity contribution >= 4 is 39.3 Å². The lowest BCUT2D eigenvalue weighted by atomic mass is 10.0. The Labute approximate surface area is 189 Å². The van der Waals surface area contributed by atoms with Crippen molar-refractivity contribution in [1.82, 2.24) is 19.9 Å². The minimum Gasteiger partial charge on any atom is -0.358 e. The first kappa shape index (κ1) is 19.0. The summed E-state index contributed by atoms with van der Waals surface area (Å²) in [4.78, 5) is 28.1. The van der Waals surface area contributed by atoms with Crippen molar-refractivity contribution in [2.75, 3.05) is 6.54 Å². The highest BCUT2D eigenvalue weighted by Gasteiger charge is 2.26. The van der Waals surface area contributed by atoms with Crippen LogP contribution in [0.1, 0.15) is 21.6 Å². The summed E-state index contributed by atoms with van der Waals surface area (Å²) in [5.74, 6) is 0.0148. The van der Waals surface area contributed by atoms with Gasteiger partial charge in [-0.2, -0.15) is 0 Å². The predicted octanol–water partition coefficient (Wildman–Crippen LogP) is 5.63. The molecule has 6 heteroatoms. The second-order valence-electron chi connectivity index (χ2n) is 8.06. The smallest absolute Gasteiger partial charge is 0.254 e. The number of pyridine rings is 2. The first-order valence-corrected chi connectivity index (χ1v) is 10.9. The number of hydrogen-bond acceptors (Lipinski definition) is 3. The maximum Gasteiger partial charge on any atom is 0.254 e. The van der Waals surface area contributed by atoms with Crippen LogP contribution in [0.4, 0.5) is 0 Å². The number of benzene rings is 2. The van der Waals surface area contributed by atoms with Gasteiger partial charge in [0.1, 0.15) is 0 Å². The lowest BCUT2D eigenvalue weighted by Crippen LogP contribution is -2.36. The fraction of sp³-hybridized carbons (Fsp3) is 0.115. The van der Waals surface area contributed by atoms with Crippen molar-refractivity contribution in [1.29, 1.82) is 0 Å². The third-order valence-corrected chi connectivity index (χ3v) is 6.38. The number of para-hydroxylation sites is 1. The van der Waals surface area contributed by atoms with Crippen LogP contribution in [0.3, 0.4) is 0 Å². The lowest BCUT2D eigenvalue weighted by molar-refractivity contribution is 0.0737. The molecule has 0 atom stereocenters. The molecule has 0 radical (unpaired) electrons. The molecule has 156 valence electrons. The van der Waals surface area contributed by atoms with Gasteiger partial charge in [-0.05, 0) is 42.5 Å². The van der Waals surface area contributed by atoms with Gasteiger partial charge in [0.25, 0.3) is 5.91 Å². The molecular weight excluding hydrogens is 420 g/mol. The summed E-state index contributed by atoms with van der Waals surface area (Å²) in [6, 6.07) is 19.4. The molecule has 4 heterocycles. The fourth-order valence-electron chi connectivity index (χ4n) is 4.55. The summed E-state index contributed by atoms with van der Waals surface area (Å²) in [6.07, 6.45) is 4.26. The number of hydrogen-bond donors (Lipinski definition) is 1. The van der Waals surface area contributed by atoms with E-state index in [4.69, 9.17) is 16.6 Å². The molecule has 1 aliphatic rings. The van der Waals surface area contributed by atoms with E-state index in [1.165, 1.54) is 5.69 Å². The molecule has 1 N–H and O–H groups in total. The quantitative estimate of drug-likeness (QED) is 0.388. The molecule has 0 fully saturated rings. The topological polar surface area (TPSA) is 61.9 Å². The second kappa shape index (κ2) is 7.46. The number of halogens is 1. The summed E-state index contributed by atoms with van der Waals surface area (Å²) in [5.41, 5.74) is 6.57. The molecule has 32 heavy (non-hydrogen) atoms. The number of rotatable bonds is 2. The van der Waals surface area contributed by atoms with Crippen molar-refractivity contribution in [2.45, 2.75) is 13.0 Å². The minimum atomic E-state index is 0.0148. The number of aromatic amines is 1. The molecule has 0 saturated heterocycles. The molecule has 5 aromatic rings. The fourth-order valence-corrected chi connectivity index (χ4v) is 4.73. The highest BCUT2D eigenvalue weighted by atomic mass is 35.5. The highest BCUT2D eigenvalue weighted by molar-refractivity contribution is 6.31. The van der Waals surface area contributed by atoms with E-state index in [0.29, 0.717) is 23.7 Å². The van der Waals surface area contributed by atoms with Crippen LogP contribution in [0.5, 0.6) is 0 Å². The minimum absolute atomic E-state index is 0.0148. The number of aromatic nitrogens is 3. The maximum absolute atomic E-state index is 13.8. The molecular formula is C26H19ClN4O. The Kier molecular flexibility index (Phi) is 4.44. The number of H-pyrrole nitrogens is 1. The zero-order valence-corrected chi connectivity index (χ0v) is 17.9. The number of nitrogens with one attached hydrogen (secondary N) is 1. The van der Waals surface area contributed by atoms with E-state index < -0.39 is 0 Å². The van der Waals surface area contributed by atoms with Crippen LogP contribution in [-0.2, 0) is 13.0 Å². The second-order valence-corrected chi connectivity index (χ2v) is 8.49. The molecule has 0 saturated carbocycles. The molecule has 0 bridgehead atoms. The monoisotopic (exact) mass is 438 g/mol. The first-order valence-electron chi connectivity index (χ1n) is 10.6. The molecule has 0 spiro atoms. The van der Waals surface area contributed by atoms with Crippen molar-refractivity contribution in [3.63, 3.8) is 0 Å². The van der Waals surface area contributed by atoms with Gasteiger partial charge in [0.05, 0.1) is 16.8 Å². The largest absolute Gasteiger partial charge is 0.358 e. The van der Waals surface area contributed by atoms with Crippen LogP contribution in [0, 0.1) is 0 Å². The molecule has 0 aliphatic carbocycles. The van der Waals surface area contributed by atoms with E-state index in [-0.39, 0.29) is 5.91 Å². The number of amides is 1. The van der Waals surface area contributed by atoms with Gasteiger partial charge in [-0.1, -0.05) is 29.8 Å². The molecule has 2 aromatic carbocycles. The molecule has 1 amide bonds. The molecule has 5 nitrogen and oxygen atoms in total. The highest BCUT2D eigenvalue weighted by Crippen LogP contribution is 2.32. The first-order chi connectivity index (χ1) is 15.7. The van der Waals surface area contributed by atoms with Crippen LogP contribution < -0.4 is 0 Å². The standard InChI is InChI=1S/C26H19ClN4O/c27-17-5-6-23-19(13-17)21-15-31(12-9-24(21)29-23)26(32)20-14-25(16-7-10-28-11-8-16)30-22-4-2-1-3-18(20)22/h1-8,10-11,13-14,29H,9,12,15H2. The van der Waals surface area contributed by atoms with Gasteiger partial charge in [0.2, 0.25) is 0 Å². The van der Waals surface area contributed by atoms with Crippen LogP contribution in [0.15, 0.2) is 73.1 Å². The van der Waals surface area contributed by atoms with Crippen molar-refractivity contribution in [3.8, 4) is 11.3 Å². The average molecular weight is 439 g/mol. The van der Waals surface area contributed by atoms with Crippen LogP contribution in [0.25, 0.3) is 33.1 Å². The average Bonchev–Trinajstić information content (AvgIpc) is 3.20. The van der Waals surface area contributed by atoms with Gasteiger partial charge in [0.15, 0.2) is 0 Å². The third-order valence-electron chi connectivity index (χ3n) is 6.15. The lowest BCUT2D eigenvalue weighted by Gasteiger charge is -2.28. The number of carbonyl (C=O) groups is 1. The Morgan fingerprint density at radius 1 is 1.00 bits per heavy atom. The Balaban J connectivity index is 1.44. The van der Waals surface area contributed by atoms with E-state index in [0.717, 1.165) is 45.0 Å². The molecule has 0 unspecified atom stereocenters. The normalized spacial score (nSPS) is 13.5. The maximum atomic E-state index is 13.8. The van der Waals surface area contributed by atoms with Gasteiger partial charge >= 0.3 is 0 Å². The zero-order valence-electron chi connectivity index (χ0n) is 17.2. The molecule has 3 aromatic heterocycles. The van der Waals surface area contributed by atoms with Gasteiger partial charge < -0.3 is 9.88 Å². The van der Waals surface area contributed by atoms with E-state index in [1.54, 1.807) is 12.4 Å². The van der Waals surface area contributed by atoms with E-state index in [9.17, 15) is 4.79 Å². The Bertz CT molecular complexity index is 1490. The number of fused-ring (bicyclic) bond motifs is 4. The van der Waals surface area contributed by atoms with E-state index in [1.807, 2.05) is 65.6 Å². The molecule has 1 aliphatic heterocycles. The van der Waals surface area contributed by atoms with Gasteiger partial charge in [-0.25, -0.2) is 4.98 Å². The number of carbonyl (C=O) groups excluding carboxylic acids is 1. The zero-order chi connectivity index (χ0) is 21.7. The summed E-state index contributed by atoms with van der Waals surface area (Å²) < 4.78 is 0. The Morgan fingerprint density at radius 2 is 1.84 bits per heavy atom. The summed E-state index contributed by atoms with van der Waals surface area (Å²) in [5, 5.41) is 2.65. The Hall–Kier alpha value is -3.70. The van der Waals surface area contributed by atoms with Gasteiger partial charge in [-0.15, -0.1) is 0 Å². The van der Waals surface area contributed by atoms with Crippen LogP contribution >= 0.6 is 11.6 Å². The van der Waals surface area contributed by atoms with Gasteiger partial charge in [0, 0.05) is 70.0 Å². The summed E-state index contributed by atoms with van der Waals surface area (Å²) >= 11 is 6.25. The van der Waals surface area contributed by atoms with Crippen molar-refractivity contribution < 1.29 is 4.79 Å². The van der Waals surface area contributed by atoms with Crippen LogP contribution in [-0.4, -0.2) is 32.3 Å². The summed E-state index contributed by atoms with van der Waals surface area (Å²) in [7, 11) is 0.